The van der Waals surface area contributed by atoms with Crippen LogP contribution in [0.25, 0.3) is 10.9 Å². The highest BCUT2D eigenvalue weighted by atomic mass is 35.5. The summed E-state index contributed by atoms with van der Waals surface area (Å²) in [5, 5.41) is 6.57. The van der Waals surface area contributed by atoms with E-state index >= 15 is 4.39 Å². The Labute approximate surface area is 232 Å². The van der Waals surface area contributed by atoms with Crippen LogP contribution < -0.4 is 25.7 Å². The van der Waals surface area contributed by atoms with E-state index in [1.807, 2.05) is 13.8 Å². The van der Waals surface area contributed by atoms with Crippen LogP contribution in [0.5, 0.6) is 5.75 Å². The van der Waals surface area contributed by atoms with Crippen LogP contribution in [0.2, 0.25) is 10.0 Å². The van der Waals surface area contributed by atoms with E-state index in [1.165, 1.54) is 12.3 Å². The lowest BCUT2D eigenvalue weighted by molar-refractivity contribution is -0.0488. The van der Waals surface area contributed by atoms with Crippen LogP contribution >= 0.6 is 23.2 Å². The molecule has 1 amide bonds. The molecule has 1 saturated heterocycles. The lowest BCUT2D eigenvalue weighted by atomic mass is 10.1. The van der Waals surface area contributed by atoms with Crippen LogP contribution in [0.1, 0.15) is 48.7 Å². The van der Waals surface area contributed by atoms with Crippen molar-refractivity contribution in [2.75, 3.05) is 18.0 Å². The van der Waals surface area contributed by atoms with Crippen molar-refractivity contribution in [2.45, 2.75) is 58.0 Å². The minimum absolute atomic E-state index is 0.0160. The number of nitrogens with one attached hydrogen (secondary N) is 2. The summed E-state index contributed by atoms with van der Waals surface area (Å²) in [6, 6.07) is 5.61. The van der Waals surface area contributed by atoms with E-state index in [-0.39, 0.29) is 46.8 Å². The fourth-order valence-corrected chi connectivity index (χ4v) is 5.66. The standard InChI is InChI=1S/C27H27Cl2F3N4O3/c1-13-10-35(11-14(2)34-13)23-21(30)8-18-22(25(23)39-27(31)32)36(17-5-6-17)12-19(24(18)37)26(38)33-9-15-3-4-16(28)7-20(15)29/h3-4,7-8,12-14,17,27,34H,5-6,9-11H2,1-2H3,(H,33,38). The topological polar surface area (TPSA) is 75.6 Å². The molecule has 1 saturated carbocycles. The second-order valence-electron chi connectivity index (χ2n) is 10.1. The molecule has 2 fully saturated rings. The van der Waals surface area contributed by atoms with Crippen molar-refractivity contribution in [1.82, 2.24) is 15.2 Å². The summed E-state index contributed by atoms with van der Waals surface area (Å²) in [6.45, 7) is 1.31. The summed E-state index contributed by atoms with van der Waals surface area (Å²) >= 11 is 12.1. The highest BCUT2D eigenvalue weighted by Gasteiger charge is 2.34. The molecular formula is C27H27Cl2F3N4O3. The lowest BCUT2D eigenvalue weighted by Crippen LogP contribution is -2.54. The first-order chi connectivity index (χ1) is 18.5. The molecule has 2 N–H and O–H groups in total. The zero-order chi connectivity index (χ0) is 28.0. The van der Waals surface area contributed by atoms with Crippen LogP contribution in [0.4, 0.5) is 18.9 Å². The monoisotopic (exact) mass is 582 g/mol. The maximum absolute atomic E-state index is 15.7. The number of benzene rings is 2. The molecule has 1 aliphatic carbocycles. The minimum atomic E-state index is -3.25. The lowest BCUT2D eigenvalue weighted by Gasteiger charge is -2.38. The Morgan fingerprint density at radius 3 is 2.49 bits per heavy atom. The number of alkyl halides is 2. The number of piperazine rings is 1. The molecule has 1 aliphatic heterocycles. The van der Waals surface area contributed by atoms with E-state index < -0.39 is 29.5 Å². The summed E-state index contributed by atoms with van der Waals surface area (Å²) in [4.78, 5) is 28.3. The van der Waals surface area contributed by atoms with Gasteiger partial charge >= 0.3 is 6.61 Å². The predicted octanol–water partition coefficient (Wildman–Crippen LogP) is 5.50. The Hall–Kier alpha value is -2.95. The smallest absolute Gasteiger partial charge is 0.387 e. The fraction of sp³-hybridized carbons (Fsp3) is 0.407. The summed E-state index contributed by atoms with van der Waals surface area (Å²) in [7, 11) is 0. The van der Waals surface area contributed by atoms with Crippen molar-refractivity contribution in [3.8, 4) is 5.75 Å². The molecule has 2 unspecified atom stereocenters. The zero-order valence-electron chi connectivity index (χ0n) is 21.2. The largest absolute Gasteiger partial charge is 0.430 e. The molecule has 12 heteroatoms. The summed E-state index contributed by atoms with van der Waals surface area (Å²) in [6.07, 6.45) is 2.77. The number of hydrogen-bond donors (Lipinski definition) is 2. The van der Waals surface area contributed by atoms with Gasteiger partial charge in [0.1, 0.15) is 11.3 Å². The number of rotatable bonds is 7. The second-order valence-corrected chi connectivity index (χ2v) is 11.0. The van der Waals surface area contributed by atoms with Gasteiger partial charge in [-0.15, -0.1) is 0 Å². The molecule has 2 aliphatic rings. The molecule has 7 nitrogen and oxygen atoms in total. The number of aromatic nitrogens is 1. The zero-order valence-corrected chi connectivity index (χ0v) is 22.8. The number of carbonyl (C=O) groups is 1. The van der Waals surface area contributed by atoms with Crippen LogP contribution in [0.3, 0.4) is 0 Å². The quantitative estimate of drug-likeness (QED) is 0.385. The molecule has 0 radical (unpaired) electrons. The third-order valence-corrected chi connectivity index (χ3v) is 7.51. The molecule has 1 aromatic heterocycles. The number of halogens is 5. The molecule has 3 aromatic rings. The van der Waals surface area contributed by atoms with Crippen molar-refractivity contribution in [1.29, 1.82) is 0 Å². The Kier molecular flexibility index (Phi) is 7.72. The Morgan fingerprint density at radius 2 is 1.87 bits per heavy atom. The summed E-state index contributed by atoms with van der Waals surface area (Å²) in [5.74, 6) is -1.97. The third-order valence-electron chi connectivity index (χ3n) is 6.92. The SMILES string of the molecule is CC1CN(c2c(F)cc3c(=O)c(C(=O)NCc4ccc(Cl)cc4Cl)cn(C4CC4)c3c2OC(F)F)CC(C)N1. The normalized spacial score (nSPS) is 19.5. The van der Waals surface area contributed by atoms with Gasteiger partial charge in [-0.1, -0.05) is 29.3 Å². The first-order valence-corrected chi connectivity index (χ1v) is 13.4. The number of ether oxygens (including phenoxy) is 1. The Morgan fingerprint density at radius 1 is 1.18 bits per heavy atom. The number of carbonyl (C=O) groups excluding carboxylic acids is 1. The van der Waals surface area contributed by atoms with Gasteiger partial charge in [-0.05, 0) is 50.5 Å². The average Bonchev–Trinajstić information content (AvgIpc) is 3.68. The molecule has 2 atom stereocenters. The van der Waals surface area contributed by atoms with Gasteiger partial charge in [0, 0.05) is 54.0 Å². The van der Waals surface area contributed by atoms with Gasteiger partial charge < -0.3 is 24.8 Å². The Bertz CT molecular complexity index is 1490. The van der Waals surface area contributed by atoms with Crippen molar-refractivity contribution in [3.63, 3.8) is 0 Å². The maximum atomic E-state index is 15.7. The van der Waals surface area contributed by atoms with Crippen molar-refractivity contribution in [2.24, 2.45) is 0 Å². The highest BCUT2D eigenvalue weighted by Crippen LogP contribution is 2.44. The molecule has 208 valence electrons. The number of amides is 1. The van der Waals surface area contributed by atoms with Gasteiger partial charge in [0.05, 0.1) is 10.9 Å². The fourth-order valence-electron chi connectivity index (χ4n) is 5.19. The Balaban J connectivity index is 1.62. The van der Waals surface area contributed by atoms with E-state index in [0.717, 1.165) is 6.07 Å². The predicted molar refractivity (Wildman–Crippen MR) is 145 cm³/mol. The van der Waals surface area contributed by atoms with E-state index in [1.54, 1.807) is 21.6 Å². The number of hydrogen-bond acceptors (Lipinski definition) is 5. The number of nitrogens with zero attached hydrogens (tertiary/aromatic N) is 2. The number of pyridine rings is 1. The summed E-state index contributed by atoms with van der Waals surface area (Å²) in [5.41, 5.74) is -0.505. The van der Waals surface area contributed by atoms with E-state index in [2.05, 4.69) is 10.6 Å². The first-order valence-electron chi connectivity index (χ1n) is 12.6. The minimum Gasteiger partial charge on any atom is -0.430 e. The van der Waals surface area contributed by atoms with Crippen molar-refractivity contribution >= 4 is 45.7 Å². The summed E-state index contributed by atoms with van der Waals surface area (Å²) < 4.78 is 49.7. The number of fused-ring (bicyclic) bond motifs is 1. The van der Waals surface area contributed by atoms with Crippen LogP contribution in [-0.4, -0.2) is 42.3 Å². The van der Waals surface area contributed by atoms with Gasteiger partial charge in [-0.2, -0.15) is 8.78 Å². The second kappa shape index (κ2) is 10.9. The van der Waals surface area contributed by atoms with Gasteiger partial charge in [0.25, 0.3) is 5.91 Å². The molecule has 5 rings (SSSR count). The molecular weight excluding hydrogens is 556 g/mol. The van der Waals surface area contributed by atoms with Gasteiger partial charge in [0.2, 0.25) is 5.43 Å². The average molecular weight is 583 g/mol. The van der Waals surface area contributed by atoms with Crippen molar-refractivity contribution < 1.29 is 22.7 Å². The molecule has 0 bridgehead atoms. The van der Waals surface area contributed by atoms with Gasteiger partial charge in [0.15, 0.2) is 11.6 Å². The van der Waals surface area contributed by atoms with E-state index in [4.69, 9.17) is 27.9 Å². The number of anilines is 1. The highest BCUT2D eigenvalue weighted by molar-refractivity contribution is 6.35. The molecule has 39 heavy (non-hydrogen) atoms. The van der Waals surface area contributed by atoms with Crippen LogP contribution in [0, 0.1) is 5.82 Å². The molecule has 2 aromatic carbocycles. The van der Waals surface area contributed by atoms with E-state index in [9.17, 15) is 18.4 Å². The molecule has 0 spiro atoms. The van der Waals surface area contributed by atoms with Gasteiger partial charge in [-0.3, -0.25) is 9.59 Å². The first kappa shape index (κ1) is 27.6. The van der Waals surface area contributed by atoms with Crippen LogP contribution in [-0.2, 0) is 6.54 Å². The third kappa shape index (κ3) is 5.69. The van der Waals surface area contributed by atoms with Gasteiger partial charge in [-0.25, -0.2) is 4.39 Å². The van der Waals surface area contributed by atoms with E-state index in [0.29, 0.717) is 41.5 Å². The molecule has 2 heterocycles. The van der Waals surface area contributed by atoms with Crippen LogP contribution in [0.15, 0.2) is 35.3 Å². The van der Waals surface area contributed by atoms with Crippen molar-refractivity contribution in [3.05, 3.63) is 67.7 Å². The maximum Gasteiger partial charge on any atom is 0.387 e.